The third kappa shape index (κ3) is 50.6. The predicted molar refractivity (Wildman–Crippen MR) is 284 cm³/mol. The molecule has 1 amide bonds. The Balaban J connectivity index is 4.28. The van der Waals surface area contributed by atoms with E-state index >= 15 is 0 Å². The first-order valence-electron chi connectivity index (χ1n) is 28.4. The first kappa shape index (κ1) is 64.7. The molecule has 0 rings (SSSR count). The van der Waals surface area contributed by atoms with Crippen molar-refractivity contribution < 1.29 is 32.9 Å². The number of aliphatic hydroxyl groups excluding tert-OH is 1. The Morgan fingerprint density at radius 3 is 1.23 bits per heavy atom. The number of carbonyl (C=O) groups is 1. The molecule has 0 saturated heterocycles. The Morgan fingerprint density at radius 1 is 0.515 bits per heavy atom. The number of phosphoric ester groups is 1. The molecule has 390 valence electrons. The molecule has 2 N–H and O–H groups in total. The summed E-state index contributed by atoms with van der Waals surface area (Å²) in [5, 5.41) is 13.9. The highest BCUT2D eigenvalue weighted by atomic mass is 31.2. The second-order valence-electron chi connectivity index (χ2n) is 20.6. The summed E-state index contributed by atoms with van der Waals surface area (Å²) < 4.78 is 23.3. The highest BCUT2D eigenvalue weighted by Crippen LogP contribution is 2.38. The largest absolute Gasteiger partial charge is 0.756 e. The van der Waals surface area contributed by atoms with Gasteiger partial charge in [-0.1, -0.05) is 243 Å². The Morgan fingerprint density at radius 2 is 0.848 bits per heavy atom. The average Bonchev–Trinajstić information content (AvgIpc) is 3.28. The summed E-state index contributed by atoms with van der Waals surface area (Å²) in [7, 11) is 1.25. The second-order valence-corrected chi connectivity index (χ2v) is 22.0. The quantitative estimate of drug-likeness (QED) is 0.0272. The molecule has 0 radical (unpaired) electrons. The van der Waals surface area contributed by atoms with Crippen molar-refractivity contribution >= 4 is 13.7 Å². The maximum atomic E-state index is 12.9. The zero-order valence-corrected chi connectivity index (χ0v) is 45.3. The van der Waals surface area contributed by atoms with Crippen LogP contribution in [0.15, 0.2) is 36.5 Å². The summed E-state index contributed by atoms with van der Waals surface area (Å²) in [6, 6.07) is -0.905. The Labute approximate surface area is 410 Å². The van der Waals surface area contributed by atoms with Crippen LogP contribution in [0.3, 0.4) is 0 Å². The smallest absolute Gasteiger partial charge is 0.268 e. The molecule has 0 heterocycles. The van der Waals surface area contributed by atoms with Crippen LogP contribution in [0, 0.1) is 0 Å². The lowest BCUT2D eigenvalue weighted by molar-refractivity contribution is -0.870. The minimum Gasteiger partial charge on any atom is -0.756 e. The molecule has 0 fully saturated rings. The van der Waals surface area contributed by atoms with Gasteiger partial charge >= 0.3 is 0 Å². The van der Waals surface area contributed by atoms with Crippen LogP contribution in [-0.4, -0.2) is 68.5 Å². The lowest BCUT2D eigenvalue weighted by Gasteiger charge is -2.29. The number of amides is 1. The van der Waals surface area contributed by atoms with Crippen LogP contribution in [0.2, 0.25) is 0 Å². The number of phosphoric acid groups is 1. The van der Waals surface area contributed by atoms with E-state index in [0.29, 0.717) is 17.4 Å². The normalized spacial score (nSPS) is 14.2. The highest BCUT2D eigenvalue weighted by Gasteiger charge is 2.23. The zero-order chi connectivity index (χ0) is 48.5. The maximum absolute atomic E-state index is 12.9. The lowest BCUT2D eigenvalue weighted by atomic mass is 10.0. The summed E-state index contributed by atoms with van der Waals surface area (Å²) in [5.74, 6) is -0.209. The summed E-state index contributed by atoms with van der Waals surface area (Å²) in [4.78, 5) is 25.5. The van der Waals surface area contributed by atoms with Gasteiger partial charge in [-0.3, -0.25) is 9.36 Å². The Bertz CT molecular complexity index is 1170. The molecule has 66 heavy (non-hydrogen) atoms. The molecule has 8 nitrogen and oxygen atoms in total. The van der Waals surface area contributed by atoms with Gasteiger partial charge < -0.3 is 28.8 Å². The van der Waals surface area contributed by atoms with Crippen LogP contribution >= 0.6 is 7.82 Å². The number of unbranched alkanes of at least 4 members (excludes halogenated alkanes) is 35. The van der Waals surface area contributed by atoms with Gasteiger partial charge in [-0.15, -0.1) is 0 Å². The molecular formula is C57H111N2O6P. The van der Waals surface area contributed by atoms with Crippen molar-refractivity contribution in [1.29, 1.82) is 0 Å². The van der Waals surface area contributed by atoms with Gasteiger partial charge in [0.25, 0.3) is 7.82 Å². The van der Waals surface area contributed by atoms with E-state index in [-0.39, 0.29) is 12.5 Å². The van der Waals surface area contributed by atoms with Crippen molar-refractivity contribution in [3.8, 4) is 0 Å². The summed E-state index contributed by atoms with van der Waals surface area (Å²) >= 11 is 0. The lowest BCUT2D eigenvalue weighted by Crippen LogP contribution is -2.45. The van der Waals surface area contributed by atoms with Crippen molar-refractivity contribution in [2.45, 2.75) is 283 Å². The van der Waals surface area contributed by atoms with E-state index in [9.17, 15) is 19.4 Å². The zero-order valence-electron chi connectivity index (χ0n) is 44.4. The minimum absolute atomic E-state index is 0.00664. The number of likely N-dealkylation sites (N-methyl/N-ethyl adjacent to an activating group) is 1. The van der Waals surface area contributed by atoms with Gasteiger partial charge in [0, 0.05) is 6.42 Å². The molecule has 0 aromatic rings. The summed E-state index contributed by atoms with van der Waals surface area (Å²) in [6.45, 7) is 4.66. The van der Waals surface area contributed by atoms with Crippen molar-refractivity contribution in [2.75, 3.05) is 40.9 Å². The number of hydrogen-bond acceptors (Lipinski definition) is 6. The molecule has 0 aromatic heterocycles. The van der Waals surface area contributed by atoms with Gasteiger partial charge in [-0.2, -0.15) is 0 Å². The Hall–Kier alpha value is -1.28. The van der Waals surface area contributed by atoms with Crippen molar-refractivity contribution in [3.63, 3.8) is 0 Å². The number of carbonyl (C=O) groups excluding carboxylic acids is 1. The van der Waals surface area contributed by atoms with Crippen LogP contribution in [0.4, 0.5) is 0 Å². The predicted octanol–water partition coefficient (Wildman–Crippen LogP) is 16.4. The molecular weight excluding hydrogens is 840 g/mol. The van der Waals surface area contributed by atoms with Gasteiger partial charge in [0.2, 0.25) is 5.91 Å². The topological polar surface area (TPSA) is 108 Å². The molecule has 3 unspecified atom stereocenters. The first-order valence-corrected chi connectivity index (χ1v) is 29.8. The van der Waals surface area contributed by atoms with Crippen molar-refractivity contribution in [3.05, 3.63) is 36.5 Å². The highest BCUT2D eigenvalue weighted by molar-refractivity contribution is 7.45. The van der Waals surface area contributed by atoms with Crippen LogP contribution in [0.25, 0.3) is 0 Å². The van der Waals surface area contributed by atoms with Gasteiger partial charge in [0.05, 0.1) is 39.9 Å². The summed E-state index contributed by atoms with van der Waals surface area (Å²) in [6.07, 6.45) is 62.2. The van der Waals surface area contributed by atoms with Crippen molar-refractivity contribution in [1.82, 2.24) is 5.32 Å². The maximum Gasteiger partial charge on any atom is 0.268 e. The molecule has 0 saturated carbocycles. The van der Waals surface area contributed by atoms with Gasteiger partial charge in [-0.25, -0.2) is 0 Å². The standard InChI is InChI=1S/C57H111N2O6P/c1-6-8-10-12-14-16-18-20-22-24-26-28-29-31-32-34-36-38-40-42-44-46-48-50-56(60)55(54-65-66(62,63)64-53-52-59(3,4)5)58-57(61)51-49-47-45-43-41-39-37-35-33-30-27-25-23-21-19-17-15-13-11-9-7-2/h30,33,40,42,48,50,55-56,60H,6-29,31-32,34-39,41,43-47,49,51-54H2,1-5H3,(H-,58,61,62,63)/b33-30-,42-40+,50-48+. The number of nitrogens with zero attached hydrogens (tertiary/aromatic N) is 1. The number of rotatable bonds is 52. The van der Waals surface area contributed by atoms with Crippen molar-refractivity contribution in [2.24, 2.45) is 0 Å². The first-order chi connectivity index (χ1) is 32.0. The third-order valence-electron chi connectivity index (χ3n) is 12.8. The molecule has 0 aliphatic heterocycles. The molecule has 0 aliphatic carbocycles. The van der Waals surface area contributed by atoms with Gasteiger partial charge in [0.1, 0.15) is 13.2 Å². The second kappa shape index (κ2) is 48.7. The van der Waals surface area contributed by atoms with E-state index in [4.69, 9.17) is 9.05 Å². The number of aliphatic hydroxyl groups is 1. The van der Waals surface area contributed by atoms with E-state index < -0.39 is 26.6 Å². The van der Waals surface area contributed by atoms with E-state index in [2.05, 4.69) is 43.5 Å². The number of nitrogens with one attached hydrogen (secondary N) is 1. The van der Waals surface area contributed by atoms with E-state index in [0.717, 1.165) is 38.5 Å². The molecule has 0 aromatic carbocycles. The van der Waals surface area contributed by atoms with E-state index in [1.165, 1.54) is 212 Å². The molecule has 0 spiro atoms. The van der Waals surface area contributed by atoms with E-state index in [1.54, 1.807) is 6.08 Å². The van der Waals surface area contributed by atoms with Gasteiger partial charge in [0.15, 0.2) is 0 Å². The number of hydrogen-bond donors (Lipinski definition) is 2. The molecule has 0 bridgehead atoms. The fourth-order valence-electron chi connectivity index (χ4n) is 8.34. The fourth-order valence-corrected chi connectivity index (χ4v) is 9.06. The monoisotopic (exact) mass is 951 g/mol. The third-order valence-corrected chi connectivity index (χ3v) is 13.8. The average molecular weight is 951 g/mol. The van der Waals surface area contributed by atoms with Crippen LogP contribution < -0.4 is 10.2 Å². The SMILES string of the molecule is CCCCCCCCCCCC/C=C\CCCCCCCCCC(=O)NC(COP(=O)([O-])OCC[N+](C)(C)C)C(O)/C=C/CC/C=C/CCCCCCCCCCCCCCCCCCC. The fraction of sp³-hybridized carbons (Fsp3) is 0.877. The number of quaternary nitrogens is 1. The molecule has 0 aliphatic rings. The molecule has 3 atom stereocenters. The number of allylic oxidation sites excluding steroid dienone is 5. The molecule has 9 heteroatoms. The van der Waals surface area contributed by atoms with E-state index in [1.807, 2.05) is 27.2 Å². The Kier molecular flexibility index (Phi) is 47.8. The van der Waals surface area contributed by atoms with Crippen LogP contribution in [-0.2, 0) is 18.4 Å². The van der Waals surface area contributed by atoms with Crippen LogP contribution in [0.1, 0.15) is 271 Å². The summed E-state index contributed by atoms with van der Waals surface area (Å²) in [5.41, 5.74) is 0. The minimum atomic E-state index is -4.60. The van der Waals surface area contributed by atoms with Gasteiger partial charge in [-0.05, 0) is 57.8 Å². The van der Waals surface area contributed by atoms with Crippen LogP contribution in [0.5, 0.6) is 0 Å².